The van der Waals surface area contributed by atoms with Crippen LogP contribution < -0.4 is 5.56 Å². The molecule has 0 aliphatic heterocycles. The van der Waals surface area contributed by atoms with E-state index in [0.29, 0.717) is 18.4 Å². The minimum absolute atomic E-state index is 0.0165. The molecule has 0 spiro atoms. The first-order chi connectivity index (χ1) is 7.93. The average Bonchev–Trinajstić information content (AvgIpc) is 2.25. The Labute approximate surface area is 104 Å². The molecule has 0 aliphatic rings. The van der Waals surface area contributed by atoms with Gasteiger partial charge in [-0.25, -0.2) is 0 Å². The molecule has 0 saturated carbocycles. The summed E-state index contributed by atoms with van der Waals surface area (Å²) in [6, 6.07) is 1.83. The summed E-state index contributed by atoms with van der Waals surface area (Å²) in [6.07, 6.45) is 0.578. The lowest BCUT2D eigenvalue weighted by atomic mass is 10.1. The number of carbonyl (C=O) groups excluding carboxylic acids is 1. The standard InChI is InChI=1S/C12H13ClN2O2/c1-7(2)5-15-11(13)10(6-16)8(3)9(4-14)12(15)17/h6-7H,5H2,1-3H3. The van der Waals surface area contributed by atoms with Crippen LogP contribution in [0.15, 0.2) is 4.79 Å². The van der Waals surface area contributed by atoms with Crippen LogP contribution in [-0.2, 0) is 6.54 Å². The second-order valence-corrected chi connectivity index (χ2v) is 4.60. The highest BCUT2D eigenvalue weighted by molar-refractivity contribution is 6.32. The van der Waals surface area contributed by atoms with E-state index < -0.39 is 5.56 Å². The molecule has 1 rings (SSSR count). The molecule has 17 heavy (non-hydrogen) atoms. The monoisotopic (exact) mass is 252 g/mol. The molecule has 0 radical (unpaired) electrons. The molecule has 0 N–H and O–H groups in total. The predicted molar refractivity (Wildman–Crippen MR) is 65.4 cm³/mol. The van der Waals surface area contributed by atoms with E-state index in [1.165, 1.54) is 4.57 Å². The van der Waals surface area contributed by atoms with E-state index in [-0.39, 0.29) is 22.2 Å². The summed E-state index contributed by atoms with van der Waals surface area (Å²) < 4.78 is 1.28. The average molecular weight is 253 g/mol. The number of rotatable bonds is 3. The third-order valence-corrected chi connectivity index (χ3v) is 2.88. The summed E-state index contributed by atoms with van der Waals surface area (Å²) in [4.78, 5) is 22.9. The van der Waals surface area contributed by atoms with Crippen LogP contribution in [0.25, 0.3) is 0 Å². The van der Waals surface area contributed by atoms with Crippen molar-refractivity contribution in [2.45, 2.75) is 27.3 Å². The number of nitriles is 1. The van der Waals surface area contributed by atoms with Gasteiger partial charge in [-0.3, -0.25) is 14.2 Å². The maximum atomic E-state index is 12.0. The smallest absolute Gasteiger partial charge is 0.269 e. The van der Waals surface area contributed by atoms with Gasteiger partial charge in [0.15, 0.2) is 6.29 Å². The van der Waals surface area contributed by atoms with Crippen LogP contribution >= 0.6 is 11.6 Å². The fourth-order valence-corrected chi connectivity index (χ4v) is 1.95. The van der Waals surface area contributed by atoms with Crippen LogP contribution in [0.4, 0.5) is 0 Å². The summed E-state index contributed by atoms with van der Waals surface area (Å²) in [5.74, 6) is 0.193. The van der Waals surface area contributed by atoms with Gasteiger partial charge in [0.25, 0.3) is 5.56 Å². The van der Waals surface area contributed by atoms with Gasteiger partial charge >= 0.3 is 0 Å². The lowest BCUT2D eigenvalue weighted by Crippen LogP contribution is -2.27. The van der Waals surface area contributed by atoms with Crippen molar-refractivity contribution in [1.29, 1.82) is 5.26 Å². The van der Waals surface area contributed by atoms with E-state index in [1.54, 1.807) is 6.92 Å². The van der Waals surface area contributed by atoms with E-state index in [1.807, 2.05) is 19.9 Å². The largest absolute Gasteiger partial charge is 0.298 e. The molecular weight excluding hydrogens is 240 g/mol. The highest BCUT2D eigenvalue weighted by Gasteiger charge is 2.17. The Morgan fingerprint density at radius 1 is 1.53 bits per heavy atom. The molecule has 0 amide bonds. The van der Waals surface area contributed by atoms with Crippen molar-refractivity contribution < 1.29 is 4.79 Å². The maximum Gasteiger partial charge on any atom is 0.269 e. The van der Waals surface area contributed by atoms with Gasteiger partial charge in [-0.1, -0.05) is 25.4 Å². The molecule has 0 fully saturated rings. The van der Waals surface area contributed by atoms with Gasteiger partial charge in [0, 0.05) is 6.54 Å². The minimum atomic E-state index is -0.436. The number of aromatic nitrogens is 1. The van der Waals surface area contributed by atoms with Crippen LogP contribution in [-0.4, -0.2) is 10.9 Å². The molecule has 1 heterocycles. The molecule has 0 aliphatic carbocycles. The Bertz CT molecular complexity index is 553. The summed E-state index contributed by atoms with van der Waals surface area (Å²) in [5, 5.41) is 9.05. The second kappa shape index (κ2) is 5.15. The van der Waals surface area contributed by atoms with E-state index in [9.17, 15) is 9.59 Å². The van der Waals surface area contributed by atoms with Gasteiger partial charge in [0.1, 0.15) is 16.8 Å². The van der Waals surface area contributed by atoms with Crippen molar-refractivity contribution in [1.82, 2.24) is 4.57 Å². The number of pyridine rings is 1. The van der Waals surface area contributed by atoms with E-state index >= 15 is 0 Å². The molecule has 1 aromatic heterocycles. The first-order valence-corrected chi connectivity index (χ1v) is 5.60. The summed E-state index contributed by atoms with van der Waals surface area (Å²) >= 11 is 6.01. The summed E-state index contributed by atoms with van der Waals surface area (Å²) in [6.45, 7) is 5.78. The molecule has 1 aromatic rings. The fraction of sp³-hybridized carbons (Fsp3) is 0.417. The lowest BCUT2D eigenvalue weighted by Gasteiger charge is -2.14. The topological polar surface area (TPSA) is 62.9 Å². The normalized spacial score (nSPS) is 10.4. The third-order valence-electron chi connectivity index (χ3n) is 2.47. The first kappa shape index (κ1) is 13.5. The number of nitrogens with zero attached hydrogens (tertiary/aromatic N) is 2. The number of hydrogen-bond donors (Lipinski definition) is 0. The zero-order valence-corrected chi connectivity index (χ0v) is 10.7. The van der Waals surface area contributed by atoms with Gasteiger partial charge < -0.3 is 0 Å². The van der Waals surface area contributed by atoms with Crippen molar-refractivity contribution in [3.05, 3.63) is 32.2 Å². The SMILES string of the molecule is Cc1c(C=O)c(Cl)n(CC(C)C)c(=O)c1C#N. The molecule has 5 heteroatoms. The van der Waals surface area contributed by atoms with Crippen molar-refractivity contribution >= 4 is 17.9 Å². The fourth-order valence-electron chi connectivity index (χ4n) is 1.62. The highest BCUT2D eigenvalue weighted by atomic mass is 35.5. The molecule has 0 saturated heterocycles. The van der Waals surface area contributed by atoms with Crippen LogP contribution in [0.5, 0.6) is 0 Å². The number of halogens is 1. The lowest BCUT2D eigenvalue weighted by molar-refractivity contribution is 0.112. The van der Waals surface area contributed by atoms with Crippen LogP contribution in [0, 0.1) is 24.2 Å². The van der Waals surface area contributed by atoms with Gasteiger partial charge in [-0.2, -0.15) is 5.26 Å². The van der Waals surface area contributed by atoms with Crippen molar-refractivity contribution in [2.75, 3.05) is 0 Å². The van der Waals surface area contributed by atoms with Crippen LogP contribution in [0.3, 0.4) is 0 Å². The van der Waals surface area contributed by atoms with Crippen LogP contribution in [0.1, 0.15) is 35.3 Å². The van der Waals surface area contributed by atoms with E-state index in [0.717, 1.165) is 0 Å². The third kappa shape index (κ3) is 2.40. The Morgan fingerprint density at radius 3 is 2.53 bits per heavy atom. The minimum Gasteiger partial charge on any atom is -0.298 e. The zero-order chi connectivity index (χ0) is 13.2. The van der Waals surface area contributed by atoms with Crippen molar-refractivity contribution in [3.8, 4) is 6.07 Å². The molecule has 0 atom stereocenters. The maximum absolute atomic E-state index is 12.0. The first-order valence-electron chi connectivity index (χ1n) is 5.22. The quantitative estimate of drug-likeness (QED) is 0.612. The van der Waals surface area contributed by atoms with Gasteiger partial charge in [-0.15, -0.1) is 0 Å². The van der Waals surface area contributed by atoms with E-state index in [2.05, 4.69) is 0 Å². The molecule has 0 unspecified atom stereocenters. The molecular formula is C12H13ClN2O2. The van der Waals surface area contributed by atoms with Crippen LogP contribution in [0.2, 0.25) is 5.15 Å². The summed E-state index contributed by atoms with van der Waals surface area (Å²) in [7, 11) is 0. The molecule has 0 bridgehead atoms. The molecule has 90 valence electrons. The van der Waals surface area contributed by atoms with Crippen molar-refractivity contribution in [3.63, 3.8) is 0 Å². The zero-order valence-electron chi connectivity index (χ0n) is 9.95. The second-order valence-electron chi connectivity index (χ2n) is 4.24. The number of carbonyl (C=O) groups is 1. The Morgan fingerprint density at radius 2 is 2.12 bits per heavy atom. The Balaban J connectivity index is 3.67. The summed E-state index contributed by atoms with van der Waals surface area (Å²) in [5.41, 5.74) is 0.104. The highest BCUT2D eigenvalue weighted by Crippen LogP contribution is 2.19. The van der Waals surface area contributed by atoms with E-state index in [4.69, 9.17) is 16.9 Å². The molecule has 4 nitrogen and oxygen atoms in total. The van der Waals surface area contributed by atoms with Gasteiger partial charge in [0.05, 0.1) is 5.56 Å². The number of hydrogen-bond acceptors (Lipinski definition) is 3. The molecule has 0 aromatic carbocycles. The number of aldehydes is 1. The van der Waals surface area contributed by atoms with Gasteiger partial charge in [0.2, 0.25) is 0 Å². The van der Waals surface area contributed by atoms with Gasteiger partial charge in [-0.05, 0) is 18.4 Å². The Kier molecular flexibility index (Phi) is 4.08. The Hall–Kier alpha value is -1.60. The predicted octanol–water partition coefficient (Wildman–Crippen LogP) is 2.15. The van der Waals surface area contributed by atoms with Crippen molar-refractivity contribution in [2.24, 2.45) is 5.92 Å².